The molecule has 0 radical (unpaired) electrons. The van der Waals surface area contributed by atoms with Gasteiger partial charge in [-0.05, 0) is 68.2 Å². The van der Waals surface area contributed by atoms with E-state index in [0.717, 1.165) is 75.9 Å². The summed E-state index contributed by atoms with van der Waals surface area (Å²) in [4.78, 5) is 17.7. The molecule has 3 heterocycles. The van der Waals surface area contributed by atoms with Gasteiger partial charge in [-0.1, -0.05) is 18.2 Å². The van der Waals surface area contributed by atoms with Crippen LogP contribution in [-0.2, 0) is 11.3 Å². The van der Waals surface area contributed by atoms with Gasteiger partial charge in [-0.3, -0.25) is 4.90 Å². The summed E-state index contributed by atoms with van der Waals surface area (Å²) in [5.41, 5.74) is 1.94. The fourth-order valence-electron chi connectivity index (χ4n) is 4.73. The van der Waals surface area contributed by atoms with Gasteiger partial charge in [-0.15, -0.1) is 0 Å². The average Bonchev–Trinajstić information content (AvgIpc) is 3.26. The third-order valence-corrected chi connectivity index (χ3v) is 6.80. The Morgan fingerprint density at radius 3 is 2.35 bits per heavy atom. The Morgan fingerprint density at radius 1 is 0.912 bits per heavy atom. The Morgan fingerprint density at radius 2 is 1.62 bits per heavy atom. The first-order valence-corrected chi connectivity index (χ1v) is 12.2. The molecule has 1 aromatic heterocycles. The molecule has 2 aliphatic heterocycles. The lowest BCUT2D eigenvalue weighted by Crippen LogP contribution is -2.38. The number of aromatic nitrogens is 3. The molecule has 2 fully saturated rings. The molecule has 0 amide bonds. The van der Waals surface area contributed by atoms with E-state index in [0.29, 0.717) is 19.1 Å². The highest BCUT2D eigenvalue weighted by Crippen LogP contribution is 2.20. The number of piperidine rings is 1. The van der Waals surface area contributed by atoms with Crippen LogP contribution in [0.4, 0.5) is 5.69 Å². The fourth-order valence-corrected chi connectivity index (χ4v) is 4.73. The SMILES string of the molecule is O=c1n(-c2ccc(N3CCOCC3)cc2)cnn1CC1CCN(CCOc2ccccc2)CC1. The normalized spacial score (nSPS) is 17.7. The highest BCUT2D eigenvalue weighted by Gasteiger charge is 2.21. The molecule has 8 heteroatoms. The molecular weight excluding hydrogens is 430 g/mol. The highest BCUT2D eigenvalue weighted by atomic mass is 16.5. The van der Waals surface area contributed by atoms with Crippen molar-refractivity contribution >= 4 is 5.69 Å². The Balaban J connectivity index is 1.11. The summed E-state index contributed by atoms with van der Waals surface area (Å²) < 4.78 is 14.5. The highest BCUT2D eigenvalue weighted by molar-refractivity contribution is 5.51. The van der Waals surface area contributed by atoms with Crippen molar-refractivity contribution in [2.24, 2.45) is 5.92 Å². The second-order valence-electron chi connectivity index (χ2n) is 9.03. The molecule has 34 heavy (non-hydrogen) atoms. The Hall–Kier alpha value is -3.10. The fraction of sp³-hybridized carbons (Fsp3) is 0.462. The van der Waals surface area contributed by atoms with Crippen molar-refractivity contribution in [3.05, 3.63) is 71.4 Å². The molecule has 0 bridgehead atoms. The lowest BCUT2D eigenvalue weighted by Gasteiger charge is -2.31. The van der Waals surface area contributed by atoms with Gasteiger partial charge in [0.1, 0.15) is 18.7 Å². The molecule has 0 saturated carbocycles. The molecule has 2 aromatic carbocycles. The number of hydrogen-bond acceptors (Lipinski definition) is 6. The maximum absolute atomic E-state index is 13.0. The van der Waals surface area contributed by atoms with Gasteiger partial charge in [0, 0.05) is 31.9 Å². The Bertz CT molecular complexity index is 1080. The number of likely N-dealkylation sites (tertiary alicyclic amines) is 1. The zero-order chi connectivity index (χ0) is 23.2. The Kier molecular flexibility index (Phi) is 7.26. The molecule has 3 aromatic rings. The van der Waals surface area contributed by atoms with Gasteiger partial charge < -0.3 is 14.4 Å². The van der Waals surface area contributed by atoms with E-state index in [9.17, 15) is 4.79 Å². The van der Waals surface area contributed by atoms with Crippen molar-refractivity contribution in [3.8, 4) is 11.4 Å². The van der Waals surface area contributed by atoms with Crippen LogP contribution in [0.25, 0.3) is 5.69 Å². The molecule has 0 atom stereocenters. The topological polar surface area (TPSA) is 64.8 Å². The lowest BCUT2D eigenvalue weighted by molar-refractivity contribution is 0.122. The van der Waals surface area contributed by atoms with Gasteiger partial charge >= 0.3 is 5.69 Å². The van der Waals surface area contributed by atoms with Gasteiger partial charge in [-0.2, -0.15) is 5.10 Å². The van der Waals surface area contributed by atoms with E-state index in [1.54, 1.807) is 15.6 Å². The molecule has 2 aliphatic rings. The number of anilines is 1. The second kappa shape index (κ2) is 10.9. The van der Waals surface area contributed by atoms with Gasteiger partial charge in [0.25, 0.3) is 0 Å². The van der Waals surface area contributed by atoms with E-state index in [1.807, 2.05) is 42.5 Å². The molecule has 180 valence electrons. The van der Waals surface area contributed by atoms with Crippen LogP contribution in [0, 0.1) is 5.92 Å². The van der Waals surface area contributed by atoms with Crippen molar-refractivity contribution < 1.29 is 9.47 Å². The number of nitrogens with zero attached hydrogens (tertiary/aromatic N) is 5. The molecular formula is C26H33N5O3. The summed E-state index contributed by atoms with van der Waals surface area (Å²) in [6, 6.07) is 18.1. The number of hydrogen-bond donors (Lipinski definition) is 0. The standard InChI is InChI=1S/C26H33N5O3/c32-26-30(24-8-6-23(7-9-24)29-15-17-33-18-16-29)21-27-31(26)20-22-10-12-28(13-11-22)14-19-34-25-4-2-1-3-5-25/h1-9,21-22H,10-20H2. The van der Waals surface area contributed by atoms with Crippen LogP contribution in [0.2, 0.25) is 0 Å². The van der Waals surface area contributed by atoms with Crippen molar-refractivity contribution in [2.45, 2.75) is 19.4 Å². The predicted octanol–water partition coefficient (Wildman–Crippen LogP) is 2.66. The van der Waals surface area contributed by atoms with Crippen LogP contribution in [0.3, 0.4) is 0 Å². The van der Waals surface area contributed by atoms with Crippen LogP contribution in [0.5, 0.6) is 5.75 Å². The maximum Gasteiger partial charge on any atom is 0.350 e. The van der Waals surface area contributed by atoms with Crippen molar-refractivity contribution in [1.29, 1.82) is 0 Å². The minimum atomic E-state index is -0.0715. The van der Waals surface area contributed by atoms with E-state index < -0.39 is 0 Å². The van der Waals surface area contributed by atoms with Crippen LogP contribution >= 0.6 is 0 Å². The lowest BCUT2D eigenvalue weighted by atomic mass is 9.97. The predicted molar refractivity (Wildman–Crippen MR) is 132 cm³/mol. The molecule has 2 saturated heterocycles. The minimum absolute atomic E-state index is 0.0715. The third-order valence-electron chi connectivity index (χ3n) is 6.80. The molecule has 0 N–H and O–H groups in total. The zero-order valence-electron chi connectivity index (χ0n) is 19.6. The van der Waals surface area contributed by atoms with Crippen LogP contribution in [0.1, 0.15) is 12.8 Å². The van der Waals surface area contributed by atoms with E-state index >= 15 is 0 Å². The minimum Gasteiger partial charge on any atom is -0.492 e. The Labute approximate surface area is 200 Å². The van der Waals surface area contributed by atoms with Crippen LogP contribution in [-0.4, -0.2) is 71.8 Å². The van der Waals surface area contributed by atoms with Crippen LogP contribution < -0.4 is 15.3 Å². The maximum atomic E-state index is 13.0. The molecule has 0 unspecified atom stereocenters. The molecule has 5 rings (SSSR count). The van der Waals surface area contributed by atoms with E-state index in [2.05, 4.69) is 27.0 Å². The van der Waals surface area contributed by atoms with Gasteiger partial charge in [0.2, 0.25) is 0 Å². The summed E-state index contributed by atoms with van der Waals surface area (Å²) in [5, 5.41) is 4.41. The quantitative estimate of drug-likeness (QED) is 0.512. The van der Waals surface area contributed by atoms with Crippen molar-refractivity contribution in [2.75, 3.05) is 57.4 Å². The first-order chi connectivity index (χ1) is 16.8. The van der Waals surface area contributed by atoms with Crippen molar-refractivity contribution in [3.63, 3.8) is 0 Å². The smallest absolute Gasteiger partial charge is 0.350 e. The van der Waals surface area contributed by atoms with Gasteiger partial charge in [0.05, 0.1) is 18.9 Å². The van der Waals surface area contributed by atoms with Gasteiger partial charge in [-0.25, -0.2) is 14.0 Å². The summed E-state index contributed by atoms with van der Waals surface area (Å²) >= 11 is 0. The molecule has 0 aliphatic carbocycles. The summed E-state index contributed by atoms with van der Waals surface area (Å²) in [6.45, 7) is 7.67. The third kappa shape index (κ3) is 5.51. The number of benzene rings is 2. The monoisotopic (exact) mass is 463 g/mol. The molecule has 0 spiro atoms. The summed E-state index contributed by atoms with van der Waals surface area (Å²) in [5.74, 6) is 1.39. The van der Waals surface area contributed by atoms with E-state index in [-0.39, 0.29) is 5.69 Å². The zero-order valence-corrected chi connectivity index (χ0v) is 19.6. The largest absolute Gasteiger partial charge is 0.492 e. The van der Waals surface area contributed by atoms with Crippen LogP contribution in [0.15, 0.2) is 65.7 Å². The van der Waals surface area contributed by atoms with Gasteiger partial charge in [0.15, 0.2) is 0 Å². The number of rotatable bonds is 8. The summed E-state index contributed by atoms with van der Waals surface area (Å²) in [7, 11) is 0. The first kappa shape index (κ1) is 22.7. The average molecular weight is 464 g/mol. The number of morpholine rings is 1. The number of para-hydroxylation sites is 1. The van der Waals surface area contributed by atoms with Crippen molar-refractivity contribution in [1.82, 2.24) is 19.2 Å². The summed E-state index contributed by atoms with van der Waals surface area (Å²) in [6.07, 6.45) is 3.78. The van der Waals surface area contributed by atoms with E-state index in [1.165, 1.54) is 0 Å². The molecule has 8 nitrogen and oxygen atoms in total. The number of ether oxygens (including phenoxy) is 2. The first-order valence-electron chi connectivity index (χ1n) is 12.2. The van der Waals surface area contributed by atoms with E-state index in [4.69, 9.17) is 9.47 Å². The second-order valence-corrected chi connectivity index (χ2v) is 9.03.